The van der Waals surface area contributed by atoms with E-state index in [1.807, 2.05) is 0 Å². The van der Waals surface area contributed by atoms with Crippen LogP contribution in [0.4, 0.5) is 0 Å². The number of hydrogen-bond donors (Lipinski definition) is 1. The molecule has 0 aliphatic carbocycles. The molecule has 0 radical (unpaired) electrons. The predicted molar refractivity (Wildman–Crippen MR) is 69.4 cm³/mol. The van der Waals surface area contributed by atoms with Crippen molar-refractivity contribution >= 4 is 13.9 Å². The molecule has 0 unspecified atom stereocenters. The van der Waals surface area contributed by atoms with Crippen molar-refractivity contribution in [1.82, 2.24) is 4.90 Å². The number of carboxylic acid groups (broad SMARTS) is 1. The molecular weight excluding hydrogens is 221 g/mol. The van der Waals surface area contributed by atoms with Crippen molar-refractivity contribution in [2.75, 3.05) is 12.8 Å². The summed E-state index contributed by atoms with van der Waals surface area (Å²) in [6.45, 7) is 10.0. The highest BCUT2D eigenvalue weighted by Gasteiger charge is 2.32. The van der Waals surface area contributed by atoms with Crippen LogP contribution in [0.2, 0.25) is 0 Å². The average molecular weight is 245 g/mol. The third kappa shape index (κ3) is 3.43. The number of rotatable bonds is 5. The van der Waals surface area contributed by atoms with Gasteiger partial charge < -0.3 is 5.11 Å². The van der Waals surface area contributed by atoms with Crippen LogP contribution in [0.15, 0.2) is 0 Å². The van der Waals surface area contributed by atoms with Crippen molar-refractivity contribution in [3.05, 3.63) is 0 Å². The molecule has 1 fully saturated rings. The Morgan fingerprint density at radius 1 is 1.38 bits per heavy atom. The van der Waals surface area contributed by atoms with E-state index in [0.717, 1.165) is 25.7 Å². The second-order valence-electron chi connectivity index (χ2n) is 5.15. The van der Waals surface area contributed by atoms with Crippen LogP contribution in [0.25, 0.3) is 0 Å². The summed E-state index contributed by atoms with van der Waals surface area (Å²) in [5.74, 6) is -0.639. The second kappa shape index (κ2) is 5.97. The summed E-state index contributed by atoms with van der Waals surface area (Å²) < 4.78 is 0. The molecule has 4 heteroatoms. The van der Waals surface area contributed by atoms with Crippen LogP contribution in [0.3, 0.4) is 0 Å². The van der Waals surface area contributed by atoms with Gasteiger partial charge in [0.2, 0.25) is 0 Å². The first-order valence-electron chi connectivity index (χ1n) is 6.16. The first-order valence-corrected chi connectivity index (χ1v) is 7.82. The Morgan fingerprint density at radius 3 is 2.38 bits per heavy atom. The van der Waals surface area contributed by atoms with Crippen molar-refractivity contribution in [2.45, 2.75) is 57.9 Å². The quantitative estimate of drug-likeness (QED) is 0.757. The lowest BCUT2D eigenvalue weighted by atomic mass is 10.2. The highest BCUT2D eigenvalue weighted by atomic mass is 31.1. The Labute approximate surface area is 100.0 Å². The molecule has 0 spiro atoms. The molecule has 0 aromatic carbocycles. The van der Waals surface area contributed by atoms with Gasteiger partial charge in [0.15, 0.2) is 0 Å². The van der Waals surface area contributed by atoms with E-state index in [0.29, 0.717) is 11.3 Å². The van der Waals surface area contributed by atoms with Gasteiger partial charge in [-0.15, -0.1) is 0 Å². The van der Waals surface area contributed by atoms with Crippen LogP contribution in [0, 0.1) is 0 Å². The molecule has 1 heterocycles. The summed E-state index contributed by atoms with van der Waals surface area (Å²) in [4.78, 5) is 13.3. The maximum Gasteiger partial charge on any atom is 0.320 e. The molecule has 3 nitrogen and oxygen atoms in total. The van der Waals surface area contributed by atoms with E-state index in [-0.39, 0.29) is 14.0 Å². The minimum Gasteiger partial charge on any atom is -0.480 e. The largest absolute Gasteiger partial charge is 0.480 e. The van der Waals surface area contributed by atoms with E-state index in [9.17, 15) is 4.79 Å². The smallest absolute Gasteiger partial charge is 0.320 e. The zero-order chi connectivity index (χ0) is 12.3. The highest BCUT2D eigenvalue weighted by Crippen LogP contribution is 2.47. The van der Waals surface area contributed by atoms with Crippen molar-refractivity contribution < 1.29 is 9.90 Å². The molecule has 1 atom stereocenters. The molecule has 1 N–H and O–H groups in total. The van der Waals surface area contributed by atoms with Gasteiger partial charge >= 0.3 is 5.97 Å². The summed E-state index contributed by atoms with van der Waals surface area (Å²) in [5.41, 5.74) is 1.37. The molecule has 1 aliphatic rings. The second-order valence-corrected chi connectivity index (χ2v) is 8.53. The molecule has 0 saturated carbocycles. The first-order chi connectivity index (χ1) is 7.43. The summed E-state index contributed by atoms with van der Waals surface area (Å²) in [6, 6.07) is -0.220. The summed E-state index contributed by atoms with van der Waals surface area (Å²) in [5, 5.41) is 9.14. The fourth-order valence-electron chi connectivity index (χ4n) is 2.41. The lowest BCUT2D eigenvalue weighted by molar-refractivity contribution is -0.141. The molecular formula is C12H24NO2P. The van der Waals surface area contributed by atoms with Crippen molar-refractivity contribution in [1.29, 1.82) is 0 Å². The van der Waals surface area contributed by atoms with E-state index < -0.39 is 5.97 Å². The number of carbonyl (C=O) groups is 1. The fraction of sp³-hybridized carbons (Fsp3) is 0.917. The monoisotopic (exact) mass is 245 g/mol. The maximum absolute atomic E-state index is 11.1. The third-order valence-electron chi connectivity index (χ3n) is 3.32. The minimum atomic E-state index is -0.639. The van der Waals surface area contributed by atoms with Gasteiger partial charge in [-0.2, -0.15) is 0 Å². The summed E-state index contributed by atoms with van der Waals surface area (Å²) in [6.07, 6.45) is 2.87. The zero-order valence-corrected chi connectivity index (χ0v) is 11.7. The van der Waals surface area contributed by atoms with Gasteiger partial charge in [-0.05, 0) is 30.7 Å². The standard InChI is InChI=1S/C12H24NO2P/c1-9(2)16(10(3)4)8-13-7-5-6-11(13)12(14)15/h9-11H,5-8H2,1-4H3,(H,14,15)/t11-/m0/s1. The fourth-order valence-corrected chi connectivity index (χ4v) is 5.01. The Balaban J connectivity index is 2.60. The number of carboxylic acids is 1. The molecule has 1 aliphatic heterocycles. The van der Waals surface area contributed by atoms with Gasteiger partial charge in [0.05, 0.1) is 0 Å². The van der Waals surface area contributed by atoms with E-state index in [1.54, 1.807) is 0 Å². The Kier molecular flexibility index (Phi) is 5.20. The van der Waals surface area contributed by atoms with Gasteiger partial charge in [-0.1, -0.05) is 35.6 Å². The van der Waals surface area contributed by atoms with Gasteiger partial charge in [-0.25, -0.2) is 0 Å². The molecule has 94 valence electrons. The molecule has 0 amide bonds. The Bertz CT molecular complexity index is 235. The van der Waals surface area contributed by atoms with Crippen LogP contribution in [-0.2, 0) is 4.79 Å². The van der Waals surface area contributed by atoms with Crippen molar-refractivity contribution in [3.63, 3.8) is 0 Å². The topological polar surface area (TPSA) is 40.5 Å². The average Bonchev–Trinajstić information content (AvgIpc) is 2.60. The minimum absolute atomic E-state index is 0.0785. The number of nitrogens with zero attached hydrogens (tertiary/aromatic N) is 1. The molecule has 0 aromatic rings. The van der Waals surface area contributed by atoms with Crippen LogP contribution >= 0.6 is 7.92 Å². The van der Waals surface area contributed by atoms with Gasteiger partial charge in [0.1, 0.15) is 6.04 Å². The van der Waals surface area contributed by atoms with Gasteiger partial charge in [0.25, 0.3) is 0 Å². The van der Waals surface area contributed by atoms with E-state index >= 15 is 0 Å². The Hall–Kier alpha value is -0.140. The van der Waals surface area contributed by atoms with E-state index in [2.05, 4.69) is 32.6 Å². The SMILES string of the molecule is CC(C)P(CN1CCC[C@H]1C(=O)O)C(C)C. The third-order valence-corrected chi connectivity index (χ3v) is 6.66. The van der Waals surface area contributed by atoms with E-state index in [4.69, 9.17) is 5.11 Å². The van der Waals surface area contributed by atoms with Crippen LogP contribution < -0.4 is 0 Å². The number of hydrogen-bond acceptors (Lipinski definition) is 2. The van der Waals surface area contributed by atoms with Crippen LogP contribution in [0.5, 0.6) is 0 Å². The number of likely N-dealkylation sites (tertiary alicyclic amines) is 1. The molecule has 1 saturated heterocycles. The van der Waals surface area contributed by atoms with Crippen LogP contribution in [-0.4, -0.2) is 46.2 Å². The lowest BCUT2D eigenvalue weighted by Crippen LogP contribution is -2.37. The van der Waals surface area contributed by atoms with Crippen molar-refractivity contribution in [3.8, 4) is 0 Å². The maximum atomic E-state index is 11.1. The van der Waals surface area contributed by atoms with Gasteiger partial charge in [-0.3, -0.25) is 9.69 Å². The normalized spacial score (nSPS) is 22.6. The summed E-state index contributed by atoms with van der Waals surface area (Å²) in [7, 11) is -0.0785. The van der Waals surface area contributed by atoms with Crippen molar-refractivity contribution in [2.24, 2.45) is 0 Å². The zero-order valence-electron chi connectivity index (χ0n) is 10.8. The first kappa shape index (κ1) is 13.9. The molecule has 0 bridgehead atoms. The summed E-state index contributed by atoms with van der Waals surface area (Å²) >= 11 is 0. The highest BCUT2D eigenvalue weighted by molar-refractivity contribution is 7.58. The Morgan fingerprint density at radius 2 is 1.94 bits per heavy atom. The van der Waals surface area contributed by atoms with Gasteiger partial charge in [0, 0.05) is 6.29 Å². The molecule has 1 rings (SSSR count). The lowest BCUT2D eigenvalue weighted by Gasteiger charge is -2.32. The van der Waals surface area contributed by atoms with E-state index in [1.165, 1.54) is 0 Å². The number of aliphatic carboxylic acids is 1. The van der Waals surface area contributed by atoms with Crippen LogP contribution in [0.1, 0.15) is 40.5 Å². The molecule has 16 heavy (non-hydrogen) atoms. The predicted octanol–water partition coefficient (Wildman–Crippen LogP) is 2.79. The molecule has 0 aromatic heterocycles.